The molecule has 7 nitrogen and oxygen atoms in total. The van der Waals surface area contributed by atoms with Gasteiger partial charge in [0.05, 0.1) is 11.6 Å². The van der Waals surface area contributed by atoms with E-state index >= 15 is 0 Å². The van der Waals surface area contributed by atoms with Crippen molar-refractivity contribution in [2.75, 3.05) is 33.8 Å². The van der Waals surface area contributed by atoms with Crippen molar-refractivity contribution >= 4 is 17.4 Å². The lowest BCUT2D eigenvalue weighted by Crippen LogP contribution is -2.35. The van der Waals surface area contributed by atoms with Crippen LogP contribution in [-0.4, -0.2) is 60.4 Å². The number of amides is 1. The van der Waals surface area contributed by atoms with Crippen molar-refractivity contribution in [3.63, 3.8) is 0 Å². The van der Waals surface area contributed by atoms with E-state index in [4.69, 9.17) is 9.47 Å². The Hall–Kier alpha value is -4.36. The van der Waals surface area contributed by atoms with Crippen molar-refractivity contribution in [2.45, 2.75) is 12.6 Å². The molecule has 7 heteroatoms. The second kappa shape index (κ2) is 12.3. The lowest BCUT2D eigenvalue weighted by Gasteiger charge is -2.26. The van der Waals surface area contributed by atoms with Gasteiger partial charge in [-0.3, -0.25) is 9.59 Å². The molecule has 3 aromatic rings. The summed E-state index contributed by atoms with van der Waals surface area (Å²) in [5.74, 6) is -0.286. The van der Waals surface area contributed by atoms with Crippen LogP contribution in [0.15, 0.2) is 97.1 Å². The van der Waals surface area contributed by atoms with Gasteiger partial charge in [0.2, 0.25) is 0 Å². The molecule has 0 aromatic heterocycles. The summed E-state index contributed by atoms with van der Waals surface area (Å²) in [6.07, 6.45) is 1.65. The maximum absolute atomic E-state index is 13.2. The number of benzene rings is 3. The highest BCUT2D eigenvalue weighted by Gasteiger charge is 2.45. The predicted octanol–water partition coefficient (Wildman–Crippen LogP) is 4.81. The first-order chi connectivity index (χ1) is 18.4. The number of ketones is 1. The van der Waals surface area contributed by atoms with E-state index in [0.717, 1.165) is 5.56 Å². The fourth-order valence-corrected chi connectivity index (χ4v) is 4.27. The Kier molecular flexibility index (Phi) is 8.61. The van der Waals surface area contributed by atoms with Gasteiger partial charge in [-0.15, -0.1) is 0 Å². The Balaban J connectivity index is 1.64. The fraction of sp³-hybridized carbons (Fsp3) is 0.226. The Morgan fingerprint density at radius 2 is 1.58 bits per heavy atom. The molecule has 0 radical (unpaired) electrons. The van der Waals surface area contributed by atoms with E-state index in [1.165, 1.54) is 4.90 Å². The van der Waals surface area contributed by atoms with E-state index in [9.17, 15) is 14.7 Å². The number of hydrogen-bond donors (Lipinski definition) is 1. The van der Waals surface area contributed by atoms with Gasteiger partial charge in [-0.25, -0.2) is 0 Å². The fourth-order valence-electron chi connectivity index (χ4n) is 4.27. The first-order valence-electron chi connectivity index (χ1n) is 12.4. The smallest absolute Gasteiger partial charge is 0.295 e. The van der Waals surface area contributed by atoms with Crippen LogP contribution in [0.4, 0.5) is 0 Å². The van der Waals surface area contributed by atoms with Crippen molar-refractivity contribution < 1.29 is 24.2 Å². The molecule has 0 spiro atoms. The number of Topliss-reactive ketones (excluding diaryl/α,β-unsaturated/α-hetero) is 1. The summed E-state index contributed by atoms with van der Waals surface area (Å²) in [5.41, 5.74) is 2.24. The number of likely N-dealkylation sites (N-methyl/N-ethyl adjacent to an activating group) is 1. The zero-order valence-corrected chi connectivity index (χ0v) is 21.7. The number of carbonyl (C=O) groups is 2. The van der Waals surface area contributed by atoms with Crippen molar-refractivity contribution in [3.8, 4) is 11.5 Å². The Labute approximate surface area is 223 Å². The van der Waals surface area contributed by atoms with Gasteiger partial charge in [0.15, 0.2) is 0 Å². The zero-order chi connectivity index (χ0) is 27.1. The standard InChI is InChI=1S/C31H32N2O5/c1-4-20-37-25-14-10-23(11-15-25)28-27(30(35)31(36)33(28)19-18-32(2)3)29(34)24-12-16-26(17-13-24)38-21-22-8-6-5-7-9-22/h4-17,28,34H,1,18-21H2,2-3H3/b29-27+. The Morgan fingerprint density at radius 1 is 0.947 bits per heavy atom. The number of hydrogen-bond acceptors (Lipinski definition) is 6. The topological polar surface area (TPSA) is 79.3 Å². The average molecular weight is 513 g/mol. The molecular formula is C31H32N2O5. The van der Waals surface area contributed by atoms with Gasteiger partial charge >= 0.3 is 0 Å². The molecule has 38 heavy (non-hydrogen) atoms. The third-order valence-electron chi connectivity index (χ3n) is 6.27. The molecule has 1 unspecified atom stereocenters. The highest BCUT2D eigenvalue weighted by atomic mass is 16.5. The molecule has 1 heterocycles. The van der Waals surface area contributed by atoms with E-state index in [1.54, 1.807) is 42.5 Å². The van der Waals surface area contributed by atoms with Crippen LogP contribution in [0.25, 0.3) is 5.76 Å². The third kappa shape index (κ3) is 6.12. The van der Waals surface area contributed by atoms with Crippen molar-refractivity contribution in [3.05, 3.63) is 114 Å². The van der Waals surface area contributed by atoms with Crippen LogP contribution in [0.2, 0.25) is 0 Å². The Morgan fingerprint density at radius 3 is 2.21 bits per heavy atom. The number of rotatable bonds is 11. The van der Waals surface area contributed by atoms with Gasteiger partial charge in [0.1, 0.15) is 30.5 Å². The van der Waals surface area contributed by atoms with Gasteiger partial charge < -0.3 is 24.4 Å². The molecule has 1 amide bonds. The lowest BCUT2D eigenvalue weighted by molar-refractivity contribution is -0.140. The highest BCUT2D eigenvalue weighted by Crippen LogP contribution is 2.39. The normalized spacial score (nSPS) is 16.6. The molecule has 1 aliphatic rings. The maximum atomic E-state index is 13.2. The van der Waals surface area contributed by atoms with Crippen LogP contribution in [-0.2, 0) is 16.2 Å². The lowest BCUT2D eigenvalue weighted by atomic mass is 9.95. The highest BCUT2D eigenvalue weighted by molar-refractivity contribution is 6.46. The predicted molar refractivity (Wildman–Crippen MR) is 147 cm³/mol. The molecular weight excluding hydrogens is 480 g/mol. The van der Waals surface area contributed by atoms with Gasteiger partial charge in [-0.1, -0.05) is 55.1 Å². The minimum absolute atomic E-state index is 0.0615. The van der Waals surface area contributed by atoms with Gasteiger partial charge in [0, 0.05) is 18.7 Å². The van der Waals surface area contributed by atoms with Crippen LogP contribution in [0.5, 0.6) is 11.5 Å². The minimum atomic E-state index is -0.725. The molecule has 0 saturated carbocycles. The van der Waals surface area contributed by atoms with E-state index < -0.39 is 17.7 Å². The van der Waals surface area contributed by atoms with Crippen molar-refractivity contribution in [1.82, 2.24) is 9.80 Å². The first kappa shape index (κ1) is 26.7. The third-order valence-corrected chi connectivity index (χ3v) is 6.27. The van der Waals surface area contributed by atoms with Gasteiger partial charge in [-0.2, -0.15) is 0 Å². The van der Waals surface area contributed by atoms with E-state index in [2.05, 4.69) is 6.58 Å². The van der Waals surface area contributed by atoms with E-state index in [0.29, 0.717) is 48.9 Å². The van der Waals surface area contributed by atoms with E-state index in [-0.39, 0.29) is 11.3 Å². The quantitative estimate of drug-likeness (QED) is 0.172. The number of carbonyl (C=O) groups excluding carboxylic acids is 2. The van der Waals surface area contributed by atoms with Crippen LogP contribution >= 0.6 is 0 Å². The number of aliphatic hydroxyl groups excluding tert-OH is 1. The second-order valence-corrected chi connectivity index (χ2v) is 9.26. The summed E-state index contributed by atoms with van der Waals surface area (Å²) in [5, 5.41) is 11.3. The van der Waals surface area contributed by atoms with Gasteiger partial charge in [0.25, 0.3) is 11.7 Å². The first-order valence-corrected chi connectivity index (χ1v) is 12.4. The molecule has 3 aromatic carbocycles. The van der Waals surface area contributed by atoms with Gasteiger partial charge in [-0.05, 0) is 61.6 Å². The second-order valence-electron chi connectivity index (χ2n) is 9.26. The number of ether oxygens (including phenoxy) is 2. The molecule has 0 bridgehead atoms. The van der Waals surface area contributed by atoms with Crippen LogP contribution in [0.3, 0.4) is 0 Å². The maximum Gasteiger partial charge on any atom is 0.295 e. The number of nitrogens with zero attached hydrogens (tertiary/aromatic N) is 2. The summed E-state index contributed by atoms with van der Waals surface area (Å²) in [6.45, 7) is 5.33. The molecule has 1 fully saturated rings. The monoisotopic (exact) mass is 512 g/mol. The van der Waals surface area contributed by atoms with Crippen molar-refractivity contribution in [1.29, 1.82) is 0 Å². The molecule has 1 aliphatic heterocycles. The summed E-state index contributed by atoms with van der Waals surface area (Å²) in [7, 11) is 3.80. The summed E-state index contributed by atoms with van der Waals surface area (Å²) in [6, 6.07) is 23.1. The van der Waals surface area contributed by atoms with Crippen LogP contribution < -0.4 is 9.47 Å². The Bertz CT molecular complexity index is 1300. The summed E-state index contributed by atoms with van der Waals surface area (Å²) >= 11 is 0. The number of likely N-dealkylation sites (tertiary alicyclic amines) is 1. The zero-order valence-electron chi connectivity index (χ0n) is 21.7. The van der Waals surface area contributed by atoms with Crippen LogP contribution in [0.1, 0.15) is 22.7 Å². The molecule has 1 saturated heterocycles. The van der Waals surface area contributed by atoms with Crippen molar-refractivity contribution in [2.24, 2.45) is 0 Å². The summed E-state index contributed by atoms with van der Waals surface area (Å²) in [4.78, 5) is 29.8. The van der Waals surface area contributed by atoms with E-state index in [1.807, 2.05) is 61.5 Å². The molecule has 0 aliphatic carbocycles. The largest absolute Gasteiger partial charge is 0.507 e. The number of aliphatic hydroxyl groups is 1. The molecule has 1 N–H and O–H groups in total. The average Bonchev–Trinajstić information content (AvgIpc) is 3.19. The molecule has 4 rings (SSSR count). The summed E-state index contributed by atoms with van der Waals surface area (Å²) < 4.78 is 11.4. The molecule has 1 atom stereocenters. The minimum Gasteiger partial charge on any atom is -0.507 e. The molecule has 196 valence electrons. The SMILES string of the molecule is C=CCOc1ccc(C2/C(=C(\O)c3ccc(OCc4ccccc4)cc3)C(=O)C(=O)N2CCN(C)C)cc1. The van der Waals surface area contributed by atoms with Crippen LogP contribution in [0, 0.1) is 0 Å².